The molecule has 1 aliphatic rings. The summed E-state index contributed by atoms with van der Waals surface area (Å²) in [5.41, 5.74) is 0.922. The Morgan fingerprint density at radius 3 is 2.68 bits per heavy atom. The van der Waals surface area contributed by atoms with Gasteiger partial charge in [0.2, 0.25) is 5.91 Å². The molecular formula is C24H23N3O6S. The minimum Gasteiger partial charge on any atom is -0.497 e. The van der Waals surface area contributed by atoms with Crippen LogP contribution in [0.15, 0.2) is 60.0 Å². The van der Waals surface area contributed by atoms with E-state index in [1.165, 1.54) is 43.8 Å². The first-order chi connectivity index (χ1) is 16.4. The van der Waals surface area contributed by atoms with E-state index < -0.39 is 16.9 Å². The number of hydrogen-bond donors (Lipinski definition) is 1. The molecule has 0 saturated heterocycles. The average molecular weight is 482 g/mol. The molecule has 0 radical (unpaired) electrons. The highest BCUT2D eigenvalue weighted by Gasteiger charge is 2.45. The fourth-order valence-corrected chi connectivity index (χ4v) is 5.03. The highest BCUT2D eigenvalue weighted by molar-refractivity contribution is 7.10. The van der Waals surface area contributed by atoms with E-state index in [4.69, 9.17) is 9.47 Å². The normalized spacial score (nSPS) is 17.2. The first-order valence-electron chi connectivity index (χ1n) is 10.5. The van der Waals surface area contributed by atoms with Crippen LogP contribution in [-0.2, 0) is 9.53 Å². The number of amides is 2. The van der Waals surface area contributed by atoms with E-state index in [1.54, 1.807) is 29.2 Å². The zero-order chi connectivity index (χ0) is 24.2. The highest BCUT2D eigenvalue weighted by Crippen LogP contribution is 2.45. The van der Waals surface area contributed by atoms with Gasteiger partial charge in [0.15, 0.2) is 0 Å². The second kappa shape index (κ2) is 10.0. The summed E-state index contributed by atoms with van der Waals surface area (Å²) < 4.78 is 10.5. The van der Waals surface area contributed by atoms with Crippen LogP contribution in [0.5, 0.6) is 5.75 Å². The summed E-state index contributed by atoms with van der Waals surface area (Å²) in [5.74, 6) is -0.921. The molecule has 0 aliphatic carbocycles. The van der Waals surface area contributed by atoms with Crippen LogP contribution in [0, 0.1) is 10.1 Å². The van der Waals surface area contributed by atoms with Gasteiger partial charge in [0, 0.05) is 42.4 Å². The lowest BCUT2D eigenvalue weighted by Gasteiger charge is -2.41. The Labute approximate surface area is 200 Å². The van der Waals surface area contributed by atoms with Crippen molar-refractivity contribution < 1.29 is 24.0 Å². The molecule has 0 bridgehead atoms. The van der Waals surface area contributed by atoms with Crippen LogP contribution < -0.4 is 10.1 Å². The Morgan fingerprint density at radius 2 is 2.00 bits per heavy atom. The number of nitro benzene ring substituents is 1. The zero-order valence-electron chi connectivity index (χ0n) is 18.6. The molecule has 1 aliphatic heterocycles. The van der Waals surface area contributed by atoms with Crippen molar-refractivity contribution in [1.82, 2.24) is 4.90 Å². The standard InChI is InChI=1S/C24H23N3O6S/c1-32-11-10-26-22(20-7-4-12-34-20)21(23(28)25-15-5-3-6-17(13-15)33-2)18-9-8-16(27(30)31)14-19(18)24(26)29/h3-9,12-14,21-22H,10-11H2,1-2H3,(H,25,28). The van der Waals surface area contributed by atoms with Gasteiger partial charge in [-0.05, 0) is 29.1 Å². The number of nitrogens with zero attached hydrogens (tertiary/aromatic N) is 2. The lowest BCUT2D eigenvalue weighted by atomic mass is 9.81. The fourth-order valence-electron chi connectivity index (χ4n) is 4.16. The van der Waals surface area contributed by atoms with E-state index in [9.17, 15) is 19.7 Å². The predicted molar refractivity (Wildman–Crippen MR) is 127 cm³/mol. The van der Waals surface area contributed by atoms with Gasteiger partial charge in [-0.15, -0.1) is 11.3 Å². The zero-order valence-corrected chi connectivity index (χ0v) is 19.4. The minimum atomic E-state index is -0.796. The number of non-ortho nitro benzene ring substituents is 1. The molecule has 10 heteroatoms. The lowest BCUT2D eigenvalue weighted by molar-refractivity contribution is -0.384. The summed E-state index contributed by atoms with van der Waals surface area (Å²) in [6, 6.07) is 14.2. The van der Waals surface area contributed by atoms with Crippen molar-refractivity contribution in [2.45, 2.75) is 12.0 Å². The Hall–Kier alpha value is -3.76. The number of benzene rings is 2. The third-order valence-electron chi connectivity index (χ3n) is 5.72. The summed E-state index contributed by atoms with van der Waals surface area (Å²) in [6.45, 7) is 0.477. The van der Waals surface area contributed by atoms with E-state index in [-0.39, 0.29) is 36.2 Å². The number of rotatable bonds is 8. The number of anilines is 1. The third-order valence-corrected chi connectivity index (χ3v) is 6.66. The molecule has 1 N–H and O–H groups in total. The van der Waals surface area contributed by atoms with Gasteiger partial charge < -0.3 is 19.7 Å². The number of nitrogens with one attached hydrogen (secondary N) is 1. The molecule has 0 fully saturated rings. The average Bonchev–Trinajstić information content (AvgIpc) is 3.37. The number of fused-ring (bicyclic) bond motifs is 1. The number of thiophene rings is 1. The summed E-state index contributed by atoms with van der Waals surface area (Å²) in [6.07, 6.45) is 0. The molecule has 2 heterocycles. The Kier molecular flexibility index (Phi) is 6.90. The molecule has 3 aromatic rings. The Balaban J connectivity index is 1.83. The van der Waals surface area contributed by atoms with Crippen LogP contribution in [0.4, 0.5) is 11.4 Å². The maximum atomic E-state index is 13.7. The topological polar surface area (TPSA) is 111 Å². The number of methoxy groups -OCH3 is 2. The van der Waals surface area contributed by atoms with E-state index in [0.29, 0.717) is 17.0 Å². The smallest absolute Gasteiger partial charge is 0.270 e. The summed E-state index contributed by atoms with van der Waals surface area (Å²) >= 11 is 1.44. The molecule has 34 heavy (non-hydrogen) atoms. The van der Waals surface area contributed by atoms with Crippen LogP contribution >= 0.6 is 11.3 Å². The van der Waals surface area contributed by atoms with Gasteiger partial charge in [0.25, 0.3) is 11.6 Å². The van der Waals surface area contributed by atoms with Crippen molar-refractivity contribution in [2.75, 3.05) is 32.7 Å². The van der Waals surface area contributed by atoms with E-state index in [1.807, 2.05) is 17.5 Å². The first kappa shape index (κ1) is 23.4. The van der Waals surface area contributed by atoms with Crippen LogP contribution in [0.2, 0.25) is 0 Å². The number of nitro groups is 1. The molecule has 1 aromatic heterocycles. The van der Waals surface area contributed by atoms with Gasteiger partial charge >= 0.3 is 0 Å². The van der Waals surface area contributed by atoms with Crippen LogP contribution in [0.1, 0.15) is 32.8 Å². The molecule has 4 rings (SSSR count). The van der Waals surface area contributed by atoms with E-state index >= 15 is 0 Å². The van der Waals surface area contributed by atoms with Gasteiger partial charge in [0.05, 0.1) is 36.2 Å². The summed E-state index contributed by atoms with van der Waals surface area (Å²) in [5, 5.41) is 16.2. The maximum absolute atomic E-state index is 13.7. The molecule has 9 nitrogen and oxygen atoms in total. The van der Waals surface area contributed by atoms with E-state index in [0.717, 1.165) is 4.88 Å². The van der Waals surface area contributed by atoms with Crippen molar-refractivity contribution in [3.05, 3.63) is 86.1 Å². The lowest BCUT2D eigenvalue weighted by Crippen LogP contribution is -2.47. The second-order valence-corrected chi connectivity index (χ2v) is 8.66. The van der Waals surface area contributed by atoms with Gasteiger partial charge in [-0.2, -0.15) is 0 Å². The number of ether oxygens (including phenoxy) is 2. The molecule has 2 unspecified atom stereocenters. The van der Waals surface area contributed by atoms with Gasteiger partial charge in [-0.1, -0.05) is 18.2 Å². The van der Waals surface area contributed by atoms with Crippen LogP contribution in [-0.4, -0.2) is 49.0 Å². The van der Waals surface area contributed by atoms with Gasteiger partial charge in [-0.3, -0.25) is 19.7 Å². The molecular weight excluding hydrogens is 458 g/mol. The maximum Gasteiger partial charge on any atom is 0.270 e. The largest absolute Gasteiger partial charge is 0.497 e. The summed E-state index contributed by atoms with van der Waals surface area (Å²) in [7, 11) is 3.07. The number of carbonyl (C=O) groups is 2. The monoisotopic (exact) mass is 481 g/mol. The SMILES string of the molecule is COCCN1C(=O)c2cc([N+](=O)[O-])ccc2C(C(=O)Nc2cccc(OC)c2)C1c1cccs1. The highest BCUT2D eigenvalue weighted by atomic mass is 32.1. The van der Waals surface area contributed by atoms with Crippen LogP contribution in [0.3, 0.4) is 0 Å². The quantitative estimate of drug-likeness (QED) is 0.381. The van der Waals surface area contributed by atoms with Crippen LogP contribution in [0.25, 0.3) is 0 Å². The first-order valence-corrected chi connectivity index (χ1v) is 11.4. The number of carbonyl (C=O) groups excluding carboxylic acids is 2. The Morgan fingerprint density at radius 1 is 1.18 bits per heavy atom. The molecule has 2 amide bonds. The molecule has 2 aromatic carbocycles. The van der Waals surface area contributed by atoms with Crippen molar-refractivity contribution in [3.8, 4) is 5.75 Å². The van der Waals surface area contributed by atoms with Gasteiger partial charge in [-0.25, -0.2) is 0 Å². The fraction of sp³-hybridized carbons (Fsp3) is 0.250. The second-order valence-electron chi connectivity index (χ2n) is 7.68. The Bertz CT molecular complexity index is 1210. The van der Waals surface area contributed by atoms with Crippen molar-refractivity contribution >= 4 is 34.5 Å². The molecule has 176 valence electrons. The predicted octanol–water partition coefficient (Wildman–Crippen LogP) is 4.23. The number of hydrogen-bond acceptors (Lipinski definition) is 7. The molecule has 0 spiro atoms. The van der Waals surface area contributed by atoms with Crippen molar-refractivity contribution in [3.63, 3.8) is 0 Å². The van der Waals surface area contributed by atoms with Gasteiger partial charge in [0.1, 0.15) is 5.75 Å². The third kappa shape index (κ3) is 4.50. The van der Waals surface area contributed by atoms with Crippen molar-refractivity contribution in [2.24, 2.45) is 0 Å². The van der Waals surface area contributed by atoms with E-state index in [2.05, 4.69) is 5.32 Å². The molecule has 2 atom stereocenters. The minimum absolute atomic E-state index is 0.143. The molecule has 0 saturated carbocycles. The van der Waals surface area contributed by atoms with Crippen molar-refractivity contribution in [1.29, 1.82) is 0 Å². The summed E-state index contributed by atoms with van der Waals surface area (Å²) in [4.78, 5) is 40.5.